The maximum absolute atomic E-state index is 12.1. The highest BCUT2D eigenvalue weighted by Crippen LogP contribution is 2.24. The second-order valence-corrected chi connectivity index (χ2v) is 8.00. The Hall–Kier alpha value is -2.00. The minimum Gasteiger partial charge on any atom is -0.494 e. The number of carbonyl (C=O) groups is 1. The summed E-state index contributed by atoms with van der Waals surface area (Å²) < 4.78 is 5.61. The number of carbonyl (C=O) groups excluding carboxylic acids is 1. The lowest BCUT2D eigenvalue weighted by Crippen LogP contribution is -2.26. The second-order valence-electron chi connectivity index (χ2n) is 7.57. The summed E-state index contributed by atoms with van der Waals surface area (Å²) in [5, 5.41) is 3.73. The summed E-state index contributed by atoms with van der Waals surface area (Å²) in [4.78, 5) is 12.1. The van der Waals surface area contributed by atoms with Gasteiger partial charge in [-0.1, -0.05) is 56.6 Å². The first-order valence-corrected chi connectivity index (χ1v) is 9.41. The predicted octanol–water partition coefficient (Wildman–Crippen LogP) is 5.67. The molecule has 2 rings (SSSR count). The molecule has 140 valence electrons. The Kier molecular flexibility index (Phi) is 7.10. The molecule has 2 aromatic carbocycles. The van der Waals surface area contributed by atoms with E-state index in [0.29, 0.717) is 24.5 Å². The molecule has 1 N–H and O–H groups in total. The van der Waals surface area contributed by atoms with Gasteiger partial charge in [-0.3, -0.25) is 4.79 Å². The van der Waals surface area contributed by atoms with Gasteiger partial charge in [0.1, 0.15) is 5.75 Å². The molecule has 3 nitrogen and oxygen atoms in total. The van der Waals surface area contributed by atoms with Gasteiger partial charge in [0.05, 0.1) is 12.6 Å². The molecule has 0 aliphatic carbocycles. The molecule has 0 radical (unpaired) electrons. The van der Waals surface area contributed by atoms with Crippen molar-refractivity contribution in [1.82, 2.24) is 5.32 Å². The quantitative estimate of drug-likeness (QED) is 0.634. The Balaban J connectivity index is 1.73. The number of nitrogens with one attached hydrogen (secondary N) is 1. The van der Waals surface area contributed by atoms with E-state index in [4.69, 9.17) is 16.3 Å². The van der Waals surface area contributed by atoms with Gasteiger partial charge in [-0.05, 0) is 54.2 Å². The molecule has 0 bridgehead atoms. The first kappa shape index (κ1) is 20.3. The highest BCUT2D eigenvalue weighted by molar-refractivity contribution is 6.30. The summed E-state index contributed by atoms with van der Waals surface area (Å²) in [6.45, 7) is 9.09. The molecule has 0 fully saturated rings. The molecule has 1 amide bonds. The van der Waals surface area contributed by atoms with Crippen molar-refractivity contribution in [2.24, 2.45) is 0 Å². The van der Waals surface area contributed by atoms with Crippen molar-refractivity contribution in [2.75, 3.05) is 6.61 Å². The van der Waals surface area contributed by atoms with Crippen LogP contribution in [0, 0.1) is 0 Å². The summed E-state index contributed by atoms with van der Waals surface area (Å²) in [5.41, 5.74) is 2.54. The number of ether oxygens (including phenoxy) is 1. The first-order valence-electron chi connectivity index (χ1n) is 9.04. The average Bonchev–Trinajstić information content (AvgIpc) is 2.59. The van der Waals surface area contributed by atoms with Crippen LogP contribution < -0.4 is 10.1 Å². The van der Waals surface area contributed by atoms with Crippen LogP contribution in [-0.4, -0.2) is 12.5 Å². The number of benzene rings is 2. The Morgan fingerprint density at radius 1 is 1.08 bits per heavy atom. The van der Waals surface area contributed by atoms with Gasteiger partial charge >= 0.3 is 0 Å². The molecule has 0 saturated heterocycles. The Morgan fingerprint density at radius 3 is 2.27 bits per heavy atom. The fourth-order valence-electron chi connectivity index (χ4n) is 2.62. The summed E-state index contributed by atoms with van der Waals surface area (Å²) >= 11 is 5.84. The zero-order valence-corrected chi connectivity index (χ0v) is 16.8. The van der Waals surface area contributed by atoms with Crippen LogP contribution in [0.2, 0.25) is 5.02 Å². The van der Waals surface area contributed by atoms with Crippen LogP contribution in [0.3, 0.4) is 0 Å². The molecule has 4 heteroatoms. The van der Waals surface area contributed by atoms with Crippen molar-refractivity contribution < 1.29 is 9.53 Å². The number of halogens is 1. The van der Waals surface area contributed by atoms with Crippen molar-refractivity contribution in [2.45, 2.75) is 52.0 Å². The number of rotatable bonds is 7. The second kappa shape index (κ2) is 9.09. The van der Waals surface area contributed by atoms with E-state index < -0.39 is 0 Å². The van der Waals surface area contributed by atoms with E-state index in [1.807, 2.05) is 19.1 Å². The van der Waals surface area contributed by atoms with Crippen LogP contribution in [0.1, 0.15) is 57.7 Å². The third-order valence-electron chi connectivity index (χ3n) is 4.28. The number of hydrogen-bond acceptors (Lipinski definition) is 2. The van der Waals surface area contributed by atoms with E-state index in [1.54, 1.807) is 12.1 Å². The maximum atomic E-state index is 12.1. The van der Waals surface area contributed by atoms with Crippen molar-refractivity contribution in [3.63, 3.8) is 0 Å². The summed E-state index contributed by atoms with van der Waals surface area (Å²) in [6.07, 6.45) is 1.11. The Bertz CT molecular complexity index is 702. The highest BCUT2D eigenvalue weighted by Gasteiger charge is 2.14. The fraction of sp³-hybridized carbons (Fsp3) is 0.409. The van der Waals surface area contributed by atoms with Crippen LogP contribution in [0.15, 0.2) is 48.5 Å². The van der Waals surface area contributed by atoms with Crippen molar-refractivity contribution in [3.8, 4) is 5.75 Å². The summed E-state index contributed by atoms with van der Waals surface area (Å²) in [6, 6.07) is 15.7. The van der Waals surface area contributed by atoms with E-state index in [0.717, 1.165) is 11.3 Å². The molecule has 1 atom stereocenters. The monoisotopic (exact) mass is 373 g/mol. The molecule has 0 aliphatic rings. The Morgan fingerprint density at radius 2 is 1.69 bits per heavy atom. The van der Waals surface area contributed by atoms with Crippen LogP contribution in [0.4, 0.5) is 0 Å². The summed E-state index contributed by atoms with van der Waals surface area (Å²) in [7, 11) is 0. The number of amides is 1. The molecule has 0 aliphatic heterocycles. The van der Waals surface area contributed by atoms with Gasteiger partial charge in [0.15, 0.2) is 0 Å². The first-order chi connectivity index (χ1) is 12.3. The molecule has 0 spiro atoms. The van der Waals surface area contributed by atoms with E-state index in [-0.39, 0.29) is 17.4 Å². The van der Waals surface area contributed by atoms with Crippen molar-refractivity contribution >= 4 is 17.5 Å². The molecule has 2 aromatic rings. The normalized spacial score (nSPS) is 12.5. The average molecular weight is 374 g/mol. The molecule has 26 heavy (non-hydrogen) atoms. The van der Waals surface area contributed by atoms with Gasteiger partial charge in [-0.15, -0.1) is 0 Å². The van der Waals surface area contributed by atoms with Crippen molar-refractivity contribution in [1.29, 1.82) is 0 Å². The summed E-state index contributed by atoms with van der Waals surface area (Å²) in [5.74, 6) is 0.805. The lowest BCUT2D eigenvalue weighted by Gasteiger charge is -2.20. The van der Waals surface area contributed by atoms with Gasteiger partial charge in [-0.2, -0.15) is 0 Å². The smallest absolute Gasteiger partial charge is 0.220 e. The minimum atomic E-state index is -0.00583. The molecular formula is C22H28ClNO2. The molecule has 0 aromatic heterocycles. The van der Waals surface area contributed by atoms with Gasteiger partial charge in [0.25, 0.3) is 0 Å². The minimum absolute atomic E-state index is 0.00583. The topological polar surface area (TPSA) is 38.3 Å². The van der Waals surface area contributed by atoms with Crippen molar-refractivity contribution in [3.05, 3.63) is 64.7 Å². The predicted molar refractivity (Wildman–Crippen MR) is 108 cm³/mol. The lowest BCUT2D eigenvalue weighted by molar-refractivity contribution is -0.121. The van der Waals surface area contributed by atoms with Crippen LogP contribution >= 0.6 is 11.6 Å². The van der Waals surface area contributed by atoms with Crippen LogP contribution in [0.5, 0.6) is 5.75 Å². The van der Waals surface area contributed by atoms with E-state index in [9.17, 15) is 4.79 Å². The fourth-order valence-corrected chi connectivity index (χ4v) is 2.75. The van der Waals surface area contributed by atoms with E-state index in [1.165, 1.54) is 5.56 Å². The molecule has 0 saturated carbocycles. The van der Waals surface area contributed by atoms with Crippen LogP contribution in [0.25, 0.3) is 0 Å². The van der Waals surface area contributed by atoms with E-state index in [2.05, 4.69) is 50.4 Å². The van der Waals surface area contributed by atoms with Gasteiger partial charge in [-0.25, -0.2) is 0 Å². The lowest BCUT2D eigenvalue weighted by atomic mass is 9.86. The molecular weight excluding hydrogens is 346 g/mol. The van der Waals surface area contributed by atoms with E-state index >= 15 is 0 Å². The molecule has 1 unspecified atom stereocenters. The highest BCUT2D eigenvalue weighted by atomic mass is 35.5. The third-order valence-corrected chi connectivity index (χ3v) is 4.54. The van der Waals surface area contributed by atoms with Crippen LogP contribution in [-0.2, 0) is 10.2 Å². The zero-order chi connectivity index (χ0) is 19.2. The van der Waals surface area contributed by atoms with Gasteiger partial charge in [0.2, 0.25) is 5.91 Å². The maximum Gasteiger partial charge on any atom is 0.220 e. The van der Waals surface area contributed by atoms with Gasteiger partial charge < -0.3 is 10.1 Å². The largest absolute Gasteiger partial charge is 0.494 e. The third kappa shape index (κ3) is 6.38. The number of hydrogen-bond donors (Lipinski definition) is 1. The Labute approximate surface area is 161 Å². The SMILES string of the molecule is CC(NC(=O)CCCOc1ccc(Cl)cc1)c1ccc(C(C)(C)C)cc1. The van der Waals surface area contributed by atoms with Gasteiger partial charge in [0, 0.05) is 11.4 Å². The zero-order valence-electron chi connectivity index (χ0n) is 16.0. The standard InChI is InChI=1S/C22H28ClNO2/c1-16(17-7-9-18(10-8-17)22(2,3)4)24-21(25)6-5-15-26-20-13-11-19(23)12-14-20/h7-14,16H,5-6,15H2,1-4H3,(H,24,25). The molecule has 0 heterocycles.